The second-order valence-electron chi connectivity index (χ2n) is 4.15. The number of thioether (sulfide) groups is 1. The van der Waals surface area contributed by atoms with E-state index < -0.39 is 11.5 Å². The Labute approximate surface area is 104 Å². The normalized spacial score (nSPS) is 28.2. The minimum atomic E-state index is -0.771. The SMILES string of the molecule is CNC1(C(=O)O)CCC(Sc2ncccn2)C1. The van der Waals surface area contributed by atoms with Crippen molar-refractivity contribution >= 4 is 17.7 Å². The zero-order chi connectivity index (χ0) is 12.3. The first kappa shape index (κ1) is 12.3. The number of rotatable bonds is 4. The summed E-state index contributed by atoms with van der Waals surface area (Å²) in [6.07, 6.45) is 5.54. The maximum atomic E-state index is 11.2. The number of likely N-dealkylation sites (N-methyl/N-ethyl adjacent to an activating group) is 1. The standard InChI is InChI=1S/C11H15N3O2S/c1-12-11(9(15)16)4-3-8(7-11)17-10-13-5-2-6-14-10/h2,5-6,8,12H,3-4,7H2,1H3,(H,15,16). The van der Waals surface area contributed by atoms with Crippen LogP contribution in [0.1, 0.15) is 19.3 Å². The van der Waals surface area contributed by atoms with Gasteiger partial charge in [-0.05, 0) is 32.4 Å². The van der Waals surface area contributed by atoms with Crippen molar-refractivity contribution in [2.75, 3.05) is 7.05 Å². The summed E-state index contributed by atoms with van der Waals surface area (Å²) in [7, 11) is 1.71. The molecule has 0 saturated heterocycles. The van der Waals surface area contributed by atoms with Crippen molar-refractivity contribution in [2.45, 2.75) is 35.2 Å². The van der Waals surface area contributed by atoms with Crippen LogP contribution in [0.5, 0.6) is 0 Å². The molecule has 2 unspecified atom stereocenters. The van der Waals surface area contributed by atoms with Crippen LogP contribution in [0.25, 0.3) is 0 Å². The van der Waals surface area contributed by atoms with Crippen molar-refractivity contribution in [1.29, 1.82) is 0 Å². The Morgan fingerprint density at radius 3 is 2.82 bits per heavy atom. The van der Waals surface area contributed by atoms with Crippen molar-refractivity contribution in [3.05, 3.63) is 18.5 Å². The predicted molar refractivity (Wildman–Crippen MR) is 65.0 cm³/mol. The minimum absolute atomic E-state index is 0.265. The van der Waals surface area contributed by atoms with E-state index in [0.717, 1.165) is 11.6 Å². The van der Waals surface area contributed by atoms with Crippen molar-refractivity contribution in [2.24, 2.45) is 0 Å². The Bertz CT molecular complexity index is 401. The van der Waals surface area contributed by atoms with Gasteiger partial charge in [0.1, 0.15) is 5.54 Å². The number of aromatic nitrogens is 2. The average Bonchev–Trinajstić information content (AvgIpc) is 2.75. The highest BCUT2D eigenvalue weighted by Gasteiger charge is 2.44. The summed E-state index contributed by atoms with van der Waals surface area (Å²) in [4.78, 5) is 19.5. The second-order valence-corrected chi connectivity index (χ2v) is 5.42. The predicted octanol–water partition coefficient (Wildman–Crippen LogP) is 1.16. The lowest BCUT2D eigenvalue weighted by Gasteiger charge is -2.23. The smallest absolute Gasteiger partial charge is 0.323 e. The lowest BCUT2D eigenvalue weighted by atomic mass is 9.99. The van der Waals surface area contributed by atoms with Gasteiger partial charge in [-0.1, -0.05) is 11.8 Å². The molecule has 6 heteroatoms. The van der Waals surface area contributed by atoms with Gasteiger partial charge < -0.3 is 10.4 Å². The minimum Gasteiger partial charge on any atom is -0.480 e. The molecule has 92 valence electrons. The molecule has 2 atom stereocenters. The molecular formula is C11H15N3O2S. The van der Waals surface area contributed by atoms with Crippen LogP contribution in [0.2, 0.25) is 0 Å². The highest BCUT2D eigenvalue weighted by Crippen LogP contribution is 2.39. The molecule has 0 spiro atoms. The Kier molecular flexibility index (Phi) is 3.63. The van der Waals surface area contributed by atoms with Crippen LogP contribution in [0, 0.1) is 0 Å². The summed E-state index contributed by atoms with van der Waals surface area (Å²) in [6, 6.07) is 1.77. The Morgan fingerprint density at radius 1 is 1.59 bits per heavy atom. The number of nitrogens with zero attached hydrogens (tertiary/aromatic N) is 2. The molecule has 17 heavy (non-hydrogen) atoms. The molecule has 2 rings (SSSR count). The monoisotopic (exact) mass is 253 g/mol. The van der Waals surface area contributed by atoms with Crippen LogP contribution in [-0.2, 0) is 4.79 Å². The van der Waals surface area contributed by atoms with Gasteiger partial charge in [0, 0.05) is 17.6 Å². The molecule has 5 nitrogen and oxygen atoms in total. The van der Waals surface area contributed by atoms with Gasteiger partial charge in [0.2, 0.25) is 0 Å². The molecule has 1 aliphatic carbocycles. The molecule has 1 aromatic rings. The van der Waals surface area contributed by atoms with E-state index in [1.807, 2.05) is 0 Å². The van der Waals surface area contributed by atoms with E-state index in [2.05, 4.69) is 15.3 Å². The third kappa shape index (κ3) is 2.58. The zero-order valence-electron chi connectivity index (χ0n) is 9.59. The van der Waals surface area contributed by atoms with Crippen LogP contribution >= 0.6 is 11.8 Å². The van der Waals surface area contributed by atoms with E-state index in [-0.39, 0.29) is 5.25 Å². The third-order valence-electron chi connectivity index (χ3n) is 3.17. The Balaban J connectivity index is 2.01. The van der Waals surface area contributed by atoms with Gasteiger partial charge in [0.15, 0.2) is 5.16 Å². The Hall–Kier alpha value is -1.14. The molecule has 0 amide bonds. The first-order valence-electron chi connectivity index (χ1n) is 5.52. The topological polar surface area (TPSA) is 75.1 Å². The first-order valence-corrected chi connectivity index (χ1v) is 6.40. The van der Waals surface area contributed by atoms with E-state index in [4.69, 9.17) is 0 Å². The van der Waals surface area contributed by atoms with Crippen molar-refractivity contribution in [3.8, 4) is 0 Å². The highest BCUT2D eigenvalue weighted by molar-refractivity contribution is 7.99. The van der Waals surface area contributed by atoms with Crippen LogP contribution in [0.4, 0.5) is 0 Å². The number of aliphatic carboxylic acids is 1. The summed E-state index contributed by atoms with van der Waals surface area (Å²) >= 11 is 1.56. The molecular weight excluding hydrogens is 238 g/mol. The maximum absolute atomic E-state index is 11.2. The van der Waals surface area contributed by atoms with Gasteiger partial charge in [0.05, 0.1) is 0 Å². The first-order chi connectivity index (χ1) is 8.16. The van der Waals surface area contributed by atoms with Gasteiger partial charge in [-0.15, -0.1) is 0 Å². The van der Waals surface area contributed by atoms with Crippen molar-refractivity contribution in [3.63, 3.8) is 0 Å². The van der Waals surface area contributed by atoms with E-state index in [9.17, 15) is 9.90 Å². The lowest BCUT2D eigenvalue weighted by Crippen LogP contribution is -2.48. The van der Waals surface area contributed by atoms with Crippen LogP contribution in [-0.4, -0.2) is 38.9 Å². The lowest BCUT2D eigenvalue weighted by molar-refractivity contribution is -0.144. The van der Waals surface area contributed by atoms with Gasteiger partial charge >= 0.3 is 5.97 Å². The van der Waals surface area contributed by atoms with E-state index >= 15 is 0 Å². The molecule has 1 aliphatic rings. The zero-order valence-corrected chi connectivity index (χ0v) is 10.4. The second kappa shape index (κ2) is 5.01. The third-order valence-corrected chi connectivity index (χ3v) is 4.33. The largest absolute Gasteiger partial charge is 0.480 e. The molecule has 0 aliphatic heterocycles. The van der Waals surface area contributed by atoms with E-state index in [1.54, 1.807) is 37.3 Å². The average molecular weight is 253 g/mol. The van der Waals surface area contributed by atoms with Crippen LogP contribution < -0.4 is 5.32 Å². The molecule has 0 radical (unpaired) electrons. The molecule has 1 fully saturated rings. The number of carbonyl (C=O) groups is 1. The number of carboxylic acids is 1. The summed E-state index contributed by atoms with van der Waals surface area (Å²) in [5.74, 6) is -0.767. The fourth-order valence-electron chi connectivity index (χ4n) is 2.12. The highest BCUT2D eigenvalue weighted by atomic mass is 32.2. The maximum Gasteiger partial charge on any atom is 0.323 e. The van der Waals surface area contributed by atoms with Gasteiger partial charge in [0.25, 0.3) is 0 Å². The quantitative estimate of drug-likeness (QED) is 0.784. The van der Waals surface area contributed by atoms with Crippen molar-refractivity contribution in [1.82, 2.24) is 15.3 Å². The van der Waals surface area contributed by atoms with Crippen molar-refractivity contribution < 1.29 is 9.90 Å². The molecule has 0 bridgehead atoms. The summed E-state index contributed by atoms with van der Waals surface area (Å²) < 4.78 is 0. The molecule has 1 saturated carbocycles. The van der Waals surface area contributed by atoms with Crippen LogP contribution in [0.3, 0.4) is 0 Å². The Morgan fingerprint density at radius 2 is 2.29 bits per heavy atom. The van der Waals surface area contributed by atoms with E-state index in [0.29, 0.717) is 12.8 Å². The van der Waals surface area contributed by atoms with Gasteiger partial charge in [-0.3, -0.25) is 4.79 Å². The number of nitrogens with one attached hydrogen (secondary N) is 1. The summed E-state index contributed by atoms with van der Waals surface area (Å²) in [5.41, 5.74) is -0.771. The van der Waals surface area contributed by atoms with Gasteiger partial charge in [-0.2, -0.15) is 0 Å². The number of carboxylic acid groups (broad SMARTS) is 1. The molecule has 1 aromatic heterocycles. The number of hydrogen-bond donors (Lipinski definition) is 2. The summed E-state index contributed by atoms with van der Waals surface area (Å²) in [5, 5.41) is 13.2. The van der Waals surface area contributed by atoms with Crippen LogP contribution in [0.15, 0.2) is 23.6 Å². The molecule has 0 aromatic carbocycles. The fourth-order valence-corrected chi connectivity index (χ4v) is 3.27. The van der Waals surface area contributed by atoms with E-state index in [1.165, 1.54) is 0 Å². The molecule has 1 heterocycles. The van der Waals surface area contributed by atoms with Gasteiger partial charge in [-0.25, -0.2) is 9.97 Å². The fraction of sp³-hybridized carbons (Fsp3) is 0.545. The molecule has 2 N–H and O–H groups in total. The number of hydrogen-bond acceptors (Lipinski definition) is 5. The summed E-state index contributed by atoms with van der Waals surface area (Å²) in [6.45, 7) is 0.